The topological polar surface area (TPSA) is 29.3 Å². The van der Waals surface area contributed by atoms with Crippen molar-refractivity contribution in [3.8, 4) is 0 Å². The zero-order valence-corrected chi connectivity index (χ0v) is 13.5. The van der Waals surface area contributed by atoms with Gasteiger partial charge in [-0.05, 0) is 43.0 Å². The Morgan fingerprint density at radius 2 is 2.16 bits per heavy atom. The normalized spacial score (nSPS) is 21.3. The van der Waals surface area contributed by atoms with E-state index in [9.17, 15) is 0 Å². The minimum atomic E-state index is 0.611. The summed E-state index contributed by atoms with van der Waals surface area (Å²) in [7, 11) is 0. The SMILES string of the molecule is CCC1CCCCCN1Cc1ccc(CN)cc1Br. The Morgan fingerprint density at radius 3 is 2.84 bits per heavy atom. The highest BCUT2D eigenvalue weighted by Crippen LogP contribution is 2.25. The molecule has 0 amide bonds. The molecule has 1 heterocycles. The first-order chi connectivity index (χ1) is 9.24. The zero-order valence-electron chi connectivity index (χ0n) is 11.9. The fourth-order valence-electron chi connectivity index (χ4n) is 2.97. The average Bonchev–Trinajstić information content (AvgIpc) is 2.66. The highest BCUT2D eigenvalue weighted by Gasteiger charge is 2.20. The first-order valence-corrected chi connectivity index (χ1v) is 8.25. The minimum Gasteiger partial charge on any atom is -0.326 e. The third-order valence-electron chi connectivity index (χ3n) is 4.20. The van der Waals surface area contributed by atoms with Gasteiger partial charge in [-0.15, -0.1) is 0 Å². The standard InChI is InChI=1S/C16H25BrN2/c1-2-15-6-4-3-5-9-19(15)12-14-8-7-13(11-18)10-16(14)17/h7-8,10,15H,2-6,9,11-12,18H2,1H3. The summed E-state index contributed by atoms with van der Waals surface area (Å²) in [6.07, 6.45) is 6.74. The van der Waals surface area contributed by atoms with Crippen molar-refractivity contribution in [2.45, 2.75) is 58.2 Å². The maximum absolute atomic E-state index is 5.69. The number of likely N-dealkylation sites (tertiary alicyclic amines) is 1. The number of halogens is 1. The molecule has 2 N–H and O–H groups in total. The average molecular weight is 325 g/mol. The van der Waals surface area contributed by atoms with Crippen LogP contribution in [0.25, 0.3) is 0 Å². The van der Waals surface area contributed by atoms with E-state index in [1.807, 2.05) is 0 Å². The monoisotopic (exact) mass is 324 g/mol. The van der Waals surface area contributed by atoms with Gasteiger partial charge in [0, 0.05) is 23.6 Å². The second-order valence-corrected chi connectivity index (χ2v) is 6.37. The molecule has 1 atom stereocenters. The summed E-state index contributed by atoms with van der Waals surface area (Å²) in [6, 6.07) is 7.29. The molecule has 3 heteroatoms. The van der Waals surface area contributed by atoms with Gasteiger partial charge in [0.2, 0.25) is 0 Å². The lowest BCUT2D eigenvalue weighted by molar-refractivity contribution is 0.186. The van der Waals surface area contributed by atoms with Gasteiger partial charge in [-0.25, -0.2) is 0 Å². The van der Waals surface area contributed by atoms with Gasteiger partial charge in [0.25, 0.3) is 0 Å². The highest BCUT2D eigenvalue weighted by atomic mass is 79.9. The maximum Gasteiger partial charge on any atom is 0.0247 e. The summed E-state index contributed by atoms with van der Waals surface area (Å²) in [5, 5.41) is 0. The van der Waals surface area contributed by atoms with Crippen molar-refractivity contribution >= 4 is 15.9 Å². The lowest BCUT2D eigenvalue weighted by atomic mass is 10.1. The Labute approximate surface area is 125 Å². The molecular weight excluding hydrogens is 300 g/mol. The Hall–Kier alpha value is -0.380. The van der Waals surface area contributed by atoms with Gasteiger partial charge in [-0.3, -0.25) is 4.90 Å². The predicted octanol–water partition coefficient (Wildman–Crippen LogP) is 4.06. The second kappa shape index (κ2) is 7.41. The highest BCUT2D eigenvalue weighted by molar-refractivity contribution is 9.10. The number of nitrogens with zero attached hydrogens (tertiary/aromatic N) is 1. The third kappa shape index (κ3) is 4.04. The van der Waals surface area contributed by atoms with Crippen LogP contribution >= 0.6 is 15.9 Å². The van der Waals surface area contributed by atoms with E-state index in [0.717, 1.165) is 12.6 Å². The van der Waals surface area contributed by atoms with Crippen molar-refractivity contribution in [2.24, 2.45) is 5.73 Å². The molecule has 1 fully saturated rings. The lowest BCUT2D eigenvalue weighted by Crippen LogP contribution is -2.33. The van der Waals surface area contributed by atoms with E-state index in [1.165, 1.54) is 54.2 Å². The van der Waals surface area contributed by atoms with Crippen LogP contribution in [0.1, 0.15) is 50.2 Å². The van der Waals surface area contributed by atoms with E-state index < -0.39 is 0 Å². The molecule has 1 aliphatic rings. The lowest BCUT2D eigenvalue weighted by Gasteiger charge is -2.29. The summed E-state index contributed by atoms with van der Waals surface area (Å²) in [6.45, 7) is 5.23. The van der Waals surface area contributed by atoms with Crippen molar-refractivity contribution in [1.82, 2.24) is 4.90 Å². The van der Waals surface area contributed by atoms with Crippen LogP contribution in [-0.4, -0.2) is 17.5 Å². The maximum atomic E-state index is 5.69. The van der Waals surface area contributed by atoms with E-state index in [-0.39, 0.29) is 0 Å². The molecule has 1 aromatic carbocycles. The van der Waals surface area contributed by atoms with Gasteiger partial charge in [0.1, 0.15) is 0 Å². The molecule has 1 aliphatic heterocycles. The van der Waals surface area contributed by atoms with Crippen LogP contribution in [0.2, 0.25) is 0 Å². The van der Waals surface area contributed by atoms with Crippen molar-refractivity contribution in [3.63, 3.8) is 0 Å². The fourth-order valence-corrected chi connectivity index (χ4v) is 3.52. The van der Waals surface area contributed by atoms with Gasteiger partial charge in [0.15, 0.2) is 0 Å². The van der Waals surface area contributed by atoms with E-state index >= 15 is 0 Å². The molecule has 0 radical (unpaired) electrons. The van der Waals surface area contributed by atoms with Crippen LogP contribution in [-0.2, 0) is 13.1 Å². The molecule has 1 aromatic rings. The number of rotatable bonds is 4. The summed E-state index contributed by atoms with van der Waals surface area (Å²) in [5.41, 5.74) is 8.27. The largest absolute Gasteiger partial charge is 0.326 e. The number of benzene rings is 1. The number of hydrogen-bond donors (Lipinski definition) is 1. The van der Waals surface area contributed by atoms with Gasteiger partial charge in [0.05, 0.1) is 0 Å². The first-order valence-electron chi connectivity index (χ1n) is 7.46. The van der Waals surface area contributed by atoms with Crippen LogP contribution in [0.15, 0.2) is 22.7 Å². The second-order valence-electron chi connectivity index (χ2n) is 5.51. The van der Waals surface area contributed by atoms with Crippen LogP contribution in [0.5, 0.6) is 0 Å². The molecule has 1 unspecified atom stereocenters. The first kappa shape index (κ1) is 15.0. The molecule has 0 bridgehead atoms. The van der Waals surface area contributed by atoms with Crippen LogP contribution in [0, 0.1) is 0 Å². The smallest absolute Gasteiger partial charge is 0.0247 e. The van der Waals surface area contributed by atoms with Gasteiger partial charge in [-0.2, -0.15) is 0 Å². The third-order valence-corrected chi connectivity index (χ3v) is 4.94. The van der Waals surface area contributed by atoms with E-state index in [2.05, 4.69) is 46.0 Å². The minimum absolute atomic E-state index is 0.611. The Balaban J connectivity index is 2.09. The van der Waals surface area contributed by atoms with Crippen LogP contribution in [0.4, 0.5) is 0 Å². The molecule has 106 valence electrons. The summed E-state index contributed by atoms with van der Waals surface area (Å²) in [4.78, 5) is 2.66. The van der Waals surface area contributed by atoms with Crippen LogP contribution < -0.4 is 5.73 Å². The van der Waals surface area contributed by atoms with Crippen molar-refractivity contribution in [1.29, 1.82) is 0 Å². The number of hydrogen-bond acceptors (Lipinski definition) is 2. The zero-order chi connectivity index (χ0) is 13.7. The quantitative estimate of drug-likeness (QED) is 0.904. The van der Waals surface area contributed by atoms with E-state index in [4.69, 9.17) is 5.73 Å². The molecule has 1 saturated heterocycles. The summed E-state index contributed by atoms with van der Waals surface area (Å²) < 4.78 is 1.20. The molecule has 0 saturated carbocycles. The summed E-state index contributed by atoms with van der Waals surface area (Å²) >= 11 is 3.69. The predicted molar refractivity (Wildman–Crippen MR) is 85.0 cm³/mol. The van der Waals surface area contributed by atoms with E-state index in [1.54, 1.807) is 0 Å². The van der Waals surface area contributed by atoms with Gasteiger partial charge in [-0.1, -0.05) is 47.8 Å². The Bertz CT molecular complexity index is 406. The van der Waals surface area contributed by atoms with Crippen molar-refractivity contribution in [2.75, 3.05) is 6.54 Å². The molecule has 2 nitrogen and oxygen atoms in total. The Morgan fingerprint density at radius 1 is 1.32 bits per heavy atom. The van der Waals surface area contributed by atoms with Crippen LogP contribution in [0.3, 0.4) is 0 Å². The van der Waals surface area contributed by atoms with E-state index in [0.29, 0.717) is 6.54 Å². The number of nitrogens with two attached hydrogens (primary N) is 1. The van der Waals surface area contributed by atoms with Gasteiger partial charge < -0.3 is 5.73 Å². The molecule has 0 aliphatic carbocycles. The molecule has 0 spiro atoms. The van der Waals surface area contributed by atoms with Gasteiger partial charge >= 0.3 is 0 Å². The molecule has 2 rings (SSSR count). The molecular formula is C16H25BrN2. The molecule has 19 heavy (non-hydrogen) atoms. The fraction of sp³-hybridized carbons (Fsp3) is 0.625. The van der Waals surface area contributed by atoms with Crippen molar-refractivity contribution in [3.05, 3.63) is 33.8 Å². The van der Waals surface area contributed by atoms with Crippen molar-refractivity contribution < 1.29 is 0 Å². The summed E-state index contributed by atoms with van der Waals surface area (Å²) in [5.74, 6) is 0. The molecule has 0 aromatic heterocycles. The Kier molecular flexibility index (Phi) is 5.86.